The number of nitrogens with zero attached hydrogens (tertiary/aromatic N) is 2. The van der Waals surface area contributed by atoms with Gasteiger partial charge in [0.2, 0.25) is 0 Å². The van der Waals surface area contributed by atoms with Gasteiger partial charge in [-0.05, 0) is 38.3 Å². The second kappa shape index (κ2) is 13.0. The van der Waals surface area contributed by atoms with Crippen molar-refractivity contribution in [1.29, 1.82) is 0 Å². The zero-order valence-corrected chi connectivity index (χ0v) is 20.9. The lowest BCUT2D eigenvalue weighted by atomic mass is 10.2. The molecule has 1 aromatic heterocycles. The minimum absolute atomic E-state index is 0. The van der Waals surface area contributed by atoms with Gasteiger partial charge in [0.15, 0.2) is 5.96 Å². The molecular weight excluding hydrogens is 511 g/mol. The van der Waals surface area contributed by atoms with Crippen LogP contribution in [0.4, 0.5) is 0 Å². The summed E-state index contributed by atoms with van der Waals surface area (Å²) in [5, 5.41) is 6.55. The third-order valence-electron chi connectivity index (χ3n) is 4.42. The van der Waals surface area contributed by atoms with Crippen LogP contribution in [0.2, 0.25) is 0 Å². The van der Waals surface area contributed by atoms with Crippen molar-refractivity contribution in [3.8, 4) is 0 Å². The second-order valence-electron chi connectivity index (χ2n) is 6.34. The Kier molecular flexibility index (Phi) is 11.9. The Morgan fingerprint density at radius 3 is 2.64 bits per heavy atom. The van der Waals surface area contributed by atoms with Gasteiger partial charge >= 0.3 is 0 Å². The largest absolute Gasteiger partial charge is 0.376 e. The number of nitrogens with one attached hydrogen (secondary N) is 2. The van der Waals surface area contributed by atoms with Crippen LogP contribution in [0.3, 0.4) is 0 Å². The standard InChI is InChI=1S/C18H32N4O3S2.HI/c1-4-19-18(21-14-15-8-7-13-25-15)20-12-11-16-9-10-17(26-16)27(23,24)22(5-2)6-3;/h9-10,15H,4-8,11-14H2,1-3H3,(H2,19,20,21);1H. The Morgan fingerprint density at radius 1 is 1.29 bits per heavy atom. The molecule has 0 bridgehead atoms. The summed E-state index contributed by atoms with van der Waals surface area (Å²) < 4.78 is 32.6. The molecule has 0 aromatic carbocycles. The fourth-order valence-corrected chi connectivity index (χ4v) is 5.92. The van der Waals surface area contributed by atoms with Gasteiger partial charge in [-0.2, -0.15) is 4.31 Å². The van der Waals surface area contributed by atoms with Gasteiger partial charge in [0, 0.05) is 37.7 Å². The number of sulfonamides is 1. The number of guanidine groups is 1. The first-order chi connectivity index (χ1) is 13.0. The summed E-state index contributed by atoms with van der Waals surface area (Å²) in [4.78, 5) is 5.63. The van der Waals surface area contributed by atoms with Gasteiger partial charge in [-0.3, -0.25) is 4.99 Å². The average Bonchev–Trinajstić information content (AvgIpc) is 3.32. The number of halogens is 1. The zero-order valence-electron chi connectivity index (χ0n) is 16.9. The van der Waals surface area contributed by atoms with Gasteiger partial charge < -0.3 is 15.4 Å². The summed E-state index contributed by atoms with van der Waals surface area (Å²) in [7, 11) is -3.37. The van der Waals surface area contributed by atoms with E-state index in [0.717, 1.165) is 43.3 Å². The third kappa shape index (κ3) is 7.43. The molecule has 2 rings (SSSR count). The molecule has 1 fully saturated rings. The van der Waals surface area contributed by atoms with Crippen molar-refractivity contribution in [3.05, 3.63) is 17.0 Å². The van der Waals surface area contributed by atoms with E-state index in [1.54, 1.807) is 6.07 Å². The van der Waals surface area contributed by atoms with Crippen LogP contribution < -0.4 is 10.6 Å². The fraction of sp³-hybridized carbons (Fsp3) is 0.722. The third-order valence-corrected chi connectivity index (χ3v) is 8.08. The van der Waals surface area contributed by atoms with E-state index in [4.69, 9.17) is 4.74 Å². The first-order valence-corrected chi connectivity index (χ1v) is 12.0. The van der Waals surface area contributed by atoms with Crippen LogP contribution in [0.5, 0.6) is 0 Å². The van der Waals surface area contributed by atoms with Gasteiger partial charge in [-0.1, -0.05) is 13.8 Å². The van der Waals surface area contributed by atoms with Crippen molar-refractivity contribution in [2.24, 2.45) is 4.99 Å². The Morgan fingerprint density at radius 2 is 2.04 bits per heavy atom. The van der Waals surface area contributed by atoms with E-state index < -0.39 is 10.0 Å². The first-order valence-electron chi connectivity index (χ1n) is 9.73. The SMILES string of the molecule is CCNC(=NCC1CCCO1)NCCc1ccc(S(=O)(=O)N(CC)CC)s1.I. The quantitative estimate of drug-likeness (QED) is 0.269. The molecule has 1 saturated heterocycles. The van der Waals surface area contributed by atoms with Crippen molar-refractivity contribution < 1.29 is 13.2 Å². The molecule has 1 unspecified atom stereocenters. The molecule has 0 saturated carbocycles. The molecule has 0 aliphatic carbocycles. The van der Waals surface area contributed by atoms with E-state index in [-0.39, 0.29) is 30.1 Å². The van der Waals surface area contributed by atoms with Crippen LogP contribution in [0, 0.1) is 0 Å². The molecule has 2 N–H and O–H groups in total. The number of thiophene rings is 1. The number of hydrogen-bond acceptors (Lipinski definition) is 5. The van der Waals surface area contributed by atoms with Crippen LogP contribution in [-0.4, -0.2) is 64.1 Å². The predicted molar refractivity (Wildman–Crippen MR) is 127 cm³/mol. The van der Waals surface area contributed by atoms with Crippen molar-refractivity contribution in [2.45, 2.75) is 50.3 Å². The Labute approximate surface area is 190 Å². The maximum absolute atomic E-state index is 12.6. The maximum Gasteiger partial charge on any atom is 0.252 e. The molecule has 1 aromatic rings. The lowest BCUT2D eigenvalue weighted by Crippen LogP contribution is -2.38. The highest BCUT2D eigenvalue weighted by molar-refractivity contribution is 14.0. The van der Waals surface area contributed by atoms with Crippen molar-refractivity contribution >= 4 is 51.3 Å². The molecule has 7 nitrogen and oxygen atoms in total. The zero-order chi connectivity index (χ0) is 19.7. The predicted octanol–water partition coefficient (Wildman–Crippen LogP) is 2.67. The van der Waals surface area contributed by atoms with Crippen molar-refractivity contribution in [1.82, 2.24) is 14.9 Å². The molecule has 0 spiro atoms. The number of hydrogen-bond donors (Lipinski definition) is 2. The van der Waals surface area contributed by atoms with Crippen molar-refractivity contribution in [3.63, 3.8) is 0 Å². The highest BCUT2D eigenvalue weighted by Crippen LogP contribution is 2.25. The smallest absolute Gasteiger partial charge is 0.252 e. The fourth-order valence-electron chi connectivity index (χ4n) is 2.95. The van der Waals surface area contributed by atoms with E-state index in [1.165, 1.54) is 15.6 Å². The molecule has 1 aliphatic heterocycles. The van der Waals surface area contributed by atoms with Gasteiger partial charge in [-0.25, -0.2) is 8.42 Å². The molecule has 0 radical (unpaired) electrons. The van der Waals surface area contributed by atoms with E-state index >= 15 is 0 Å². The minimum atomic E-state index is -3.37. The van der Waals surface area contributed by atoms with Gasteiger partial charge in [0.05, 0.1) is 12.6 Å². The van der Waals surface area contributed by atoms with Crippen molar-refractivity contribution in [2.75, 3.05) is 39.3 Å². The van der Waals surface area contributed by atoms with Crippen LogP contribution in [0.15, 0.2) is 21.3 Å². The van der Waals surface area contributed by atoms with Gasteiger partial charge in [0.25, 0.3) is 10.0 Å². The molecule has 162 valence electrons. The molecule has 10 heteroatoms. The summed E-state index contributed by atoms with van der Waals surface area (Å²) in [6, 6.07) is 3.61. The normalized spacial score (nSPS) is 17.6. The Hall–Kier alpha value is -0.430. The summed E-state index contributed by atoms with van der Waals surface area (Å²) in [5.41, 5.74) is 0. The van der Waals surface area contributed by atoms with Gasteiger partial charge in [-0.15, -0.1) is 35.3 Å². The highest BCUT2D eigenvalue weighted by Gasteiger charge is 2.23. The summed E-state index contributed by atoms with van der Waals surface area (Å²) in [5.74, 6) is 0.778. The molecular formula is C18H33IN4O3S2. The summed E-state index contributed by atoms with van der Waals surface area (Å²) >= 11 is 1.35. The van der Waals surface area contributed by atoms with E-state index in [1.807, 2.05) is 26.8 Å². The topological polar surface area (TPSA) is 83.0 Å². The van der Waals surface area contributed by atoms with Gasteiger partial charge in [0.1, 0.15) is 4.21 Å². The van der Waals surface area contributed by atoms with E-state index in [2.05, 4.69) is 15.6 Å². The molecule has 1 aliphatic rings. The minimum Gasteiger partial charge on any atom is -0.376 e. The Bertz CT molecular complexity index is 699. The Balaban J connectivity index is 0.00000392. The number of rotatable bonds is 10. The molecule has 1 atom stereocenters. The highest BCUT2D eigenvalue weighted by atomic mass is 127. The lowest BCUT2D eigenvalue weighted by molar-refractivity contribution is 0.117. The molecule has 28 heavy (non-hydrogen) atoms. The van der Waals surface area contributed by atoms with Crippen LogP contribution >= 0.6 is 35.3 Å². The lowest BCUT2D eigenvalue weighted by Gasteiger charge is -2.16. The molecule has 0 amide bonds. The first kappa shape index (κ1) is 25.6. The monoisotopic (exact) mass is 544 g/mol. The average molecular weight is 545 g/mol. The number of ether oxygens (including phenoxy) is 1. The van der Waals surface area contributed by atoms with Crippen LogP contribution in [0.1, 0.15) is 38.5 Å². The summed E-state index contributed by atoms with van der Waals surface area (Å²) in [6.45, 7) is 9.72. The summed E-state index contributed by atoms with van der Waals surface area (Å²) in [6.07, 6.45) is 3.16. The maximum atomic E-state index is 12.6. The number of aliphatic imine (C=N–C) groups is 1. The van der Waals surface area contributed by atoms with E-state index in [0.29, 0.717) is 30.4 Å². The second-order valence-corrected chi connectivity index (χ2v) is 9.67. The molecule has 2 heterocycles. The van der Waals surface area contributed by atoms with E-state index in [9.17, 15) is 8.42 Å². The van der Waals surface area contributed by atoms with Crippen LogP contribution in [-0.2, 0) is 21.2 Å². The van der Waals surface area contributed by atoms with Crippen LogP contribution in [0.25, 0.3) is 0 Å².